The van der Waals surface area contributed by atoms with E-state index < -0.39 is 0 Å². The van der Waals surface area contributed by atoms with Crippen molar-refractivity contribution in [3.05, 3.63) is 65.7 Å². The fraction of sp³-hybridized carbons (Fsp3) is 0.235. The molecule has 1 N–H and O–H groups in total. The topological polar surface area (TPSA) is 29.1 Å². The summed E-state index contributed by atoms with van der Waals surface area (Å²) in [6.45, 7) is 0. The lowest BCUT2D eigenvalue weighted by molar-refractivity contribution is -0.117. The molecule has 19 heavy (non-hydrogen) atoms. The molecule has 2 aromatic rings. The number of hydrogen-bond donors (Lipinski definition) is 1. The SMILES string of the molecule is O=C1Nc2ccccc2C1CCCc1ccccc1. The quantitative estimate of drug-likeness (QED) is 0.881. The first-order chi connectivity index (χ1) is 9.34. The van der Waals surface area contributed by atoms with Gasteiger partial charge in [0.15, 0.2) is 0 Å². The van der Waals surface area contributed by atoms with E-state index in [4.69, 9.17) is 0 Å². The zero-order valence-electron chi connectivity index (χ0n) is 10.8. The van der Waals surface area contributed by atoms with E-state index in [2.05, 4.69) is 35.6 Å². The van der Waals surface area contributed by atoms with Gasteiger partial charge in [0.2, 0.25) is 5.91 Å². The molecule has 0 aliphatic carbocycles. The Morgan fingerprint density at radius 3 is 2.53 bits per heavy atom. The van der Waals surface area contributed by atoms with Crippen molar-refractivity contribution >= 4 is 11.6 Å². The van der Waals surface area contributed by atoms with Crippen LogP contribution in [-0.4, -0.2) is 5.91 Å². The number of benzene rings is 2. The van der Waals surface area contributed by atoms with E-state index in [1.807, 2.05) is 24.3 Å². The molecule has 1 unspecified atom stereocenters. The van der Waals surface area contributed by atoms with E-state index >= 15 is 0 Å². The summed E-state index contributed by atoms with van der Waals surface area (Å²) in [5.41, 5.74) is 3.48. The van der Waals surface area contributed by atoms with Crippen LogP contribution in [0.3, 0.4) is 0 Å². The first kappa shape index (κ1) is 12.0. The molecule has 96 valence electrons. The fourth-order valence-corrected chi connectivity index (χ4v) is 2.72. The Bertz CT molecular complexity index is 577. The summed E-state index contributed by atoms with van der Waals surface area (Å²) in [5, 5.41) is 2.96. The number of carbonyl (C=O) groups is 1. The van der Waals surface area contributed by atoms with Crippen LogP contribution in [0.15, 0.2) is 54.6 Å². The highest BCUT2D eigenvalue weighted by atomic mass is 16.2. The summed E-state index contributed by atoms with van der Waals surface area (Å²) < 4.78 is 0. The summed E-state index contributed by atoms with van der Waals surface area (Å²) in [6, 6.07) is 18.4. The molecule has 1 aliphatic heterocycles. The van der Waals surface area contributed by atoms with Gasteiger partial charge in [-0.3, -0.25) is 4.79 Å². The maximum absolute atomic E-state index is 12.0. The summed E-state index contributed by atoms with van der Waals surface area (Å²) in [4.78, 5) is 12.0. The van der Waals surface area contributed by atoms with Crippen molar-refractivity contribution in [2.45, 2.75) is 25.2 Å². The van der Waals surface area contributed by atoms with Crippen LogP contribution in [0, 0.1) is 0 Å². The summed E-state index contributed by atoms with van der Waals surface area (Å²) in [6.07, 6.45) is 2.99. The molecular formula is C17H17NO. The van der Waals surface area contributed by atoms with Gasteiger partial charge in [0.05, 0.1) is 5.92 Å². The van der Waals surface area contributed by atoms with Crippen molar-refractivity contribution in [3.63, 3.8) is 0 Å². The predicted octanol–water partition coefficient (Wildman–Crippen LogP) is 3.75. The Labute approximate surface area is 113 Å². The molecule has 0 spiro atoms. The van der Waals surface area contributed by atoms with Crippen molar-refractivity contribution in [1.82, 2.24) is 0 Å². The normalized spacial score (nSPS) is 17.1. The molecule has 0 bridgehead atoms. The predicted molar refractivity (Wildman–Crippen MR) is 77.2 cm³/mol. The lowest BCUT2D eigenvalue weighted by Crippen LogP contribution is -2.12. The molecule has 2 aromatic carbocycles. The number of para-hydroxylation sites is 1. The third-order valence-electron chi connectivity index (χ3n) is 3.71. The maximum Gasteiger partial charge on any atom is 0.232 e. The van der Waals surface area contributed by atoms with Crippen LogP contribution in [0.1, 0.15) is 29.9 Å². The van der Waals surface area contributed by atoms with E-state index in [9.17, 15) is 4.79 Å². The zero-order valence-corrected chi connectivity index (χ0v) is 10.8. The number of hydrogen-bond acceptors (Lipinski definition) is 1. The van der Waals surface area contributed by atoms with Crippen molar-refractivity contribution in [2.24, 2.45) is 0 Å². The fourth-order valence-electron chi connectivity index (χ4n) is 2.72. The Hall–Kier alpha value is -2.09. The first-order valence-electron chi connectivity index (χ1n) is 6.78. The van der Waals surface area contributed by atoms with Crippen LogP contribution < -0.4 is 5.32 Å². The van der Waals surface area contributed by atoms with Gasteiger partial charge in [-0.15, -0.1) is 0 Å². The van der Waals surface area contributed by atoms with Gasteiger partial charge in [-0.05, 0) is 36.5 Å². The van der Waals surface area contributed by atoms with Gasteiger partial charge in [-0.2, -0.15) is 0 Å². The molecule has 0 aromatic heterocycles. The van der Waals surface area contributed by atoms with E-state index in [0.29, 0.717) is 0 Å². The Kier molecular flexibility index (Phi) is 3.32. The number of amides is 1. The van der Waals surface area contributed by atoms with Crippen LogP contribution in [-0.2, 0) is 11.2 Å². The Balaban J connectivity index is 1.63. The second-order valence-corrected chi connectivity index (χ2v) is 5.01. The lowest BCUT2D eigenvalue weighted by Gasteiger charge is -2.08. The molecule has 1 heterocycles. The van der Waals surface area contributed by atoms with E-state index in [-0.39, 0.29) is 11.8 Å². The van der Waals surface area contributed by atoms with Gasteiger partial charge in [0.25, 0.3) is 0 Å². The number of aryl methyl sites for hydroxylation is 1. The third kappa shape index (κ3) is 2.53. The minimum Gasteiger partial charge on any atom is -0.325 e. The third-order valence-corrected chi connectivity index (χ3v) is 3.71. The van der Waals surface area contributed by atoms with Crippen molar-refractivity contribution in [2.75, 3.05) is 5.32 Å². The van der Waals surface area contributed by atoms with E-state index in [1.54, 1.807) is 0 Å². The van der Waals surface area contributed by atoms with Crippen molar-refractivity contribution < 1.29 is 4.79 Å². The first-order valence-corrected chi connectivity index (χ1v) is 6.78. The minimum absolute atomic E-state index is 0.0277. The van der Waals surface area contributed by atoms with Crippen molar-refractivity contribution in [3.8, 4) is 0 Å². The summed E-state index contributed by atoms with van der Waals surface area (Å²) in [5.74, 6) is 0.175. The molecule has 1 aliphatic rings. The number of nitrogens with one attached hydrogen (secondary N) is 1. The molecular weight excluding hydrogens is 234 g/mol. The molecule has 0 radical (unpaired) electrons. The van der Waals surface area contributed by atoms with Crippen LogP contribution in [0.2, 0.25) is 0 Å². The molecule has 1 atom stereocenters. The number of fused-ring (bicyclic) bond motifs is 1. The Morgan fingerprint density at radius 1 is 0.947 bits per heavy atom. The van der Waals surface area contributed by atoms with E-state index in [1.165, 1.54) is 5.56 Å². The second kappa shape index (κ2) is 5.27. The number of carbonyl (C=O) groups excluding carboxylic acids is 1. The van der Waals surface area contributed by atoms with Gasteiger partial charge in [0, 0.05) is 5.69 Å². The monoisotopic (exact) mass is 251 g/mol. The molecule has 2 nitrogen and oxygen atoms in total. The summed E-state index contributed by atoms with van der Waals surface area (Å²) in [7, 11) is 0. The lowest BCUT2D eigenvalue weighted by atomic mass is 9.94. The zero-order chi connectivity index (χ0) is 13.1. The largest absolute Gasteiger partial charge is 0.325 e. The van der Waals surface area contributed by atoms with Crippen molar-refractivity contribution in [1.29, 1.82) is 0 Å². The van der Waals surface area contributed by atoms with Gasteiger partial charge in [0.1, 0.15) is 0 Å². The molecule has 2 heteroatoms. The Morgan fingerprint density at radius 2 is 1.68 bits per heavy atom. The molecule has 1 amide bonds. The van der Waals surface area contributed by atoms with Crippen LogP contribution >= 0.6 is 0 Å². The number of anilines is 1. The number of rotatable bonds is 4. The van der Waals surface area contributed by atoms with Gasteiger partial charge < -0.3 is 5.32 Å². The van der Waals surface area contributed by atoms with Crippen LogP contribution in [0.25, 0.3) is 0 Å². The van der Waals surface area contributed by atoms with Crippen LogP contribution in [0.5, 0.6) is 0 Å². The molecule has 3 rings (SSSR count). The molecule has 0 fully saturated rings. The van der Waals surface area contributed by atoms with E-state index in [0.717, 1.165) is 30.5 Å². The average Bonchev–Trinajstić information content (AvgIpc) is 2.76. The van der Waals surface area contributed by atoms with Gasteiger partial charge in [-0.1, -0.05) is 48.5 Å². The summed E-state index contributed by atoms with van der Waals surface area (Å²) >= 11 is 0. The maximum atomic E-state index is 12.0. The van der Waals surface area contributed by atoms with Gasteiger partial charge in [-0.25, -0.2) is 0 Å². The highest BCUT2D eigenvalue weighted by Crippen LogP contribution is 2.35. The standard InChI is InChI=1S/C17H17NO/c19-17-15(14-10-4-5-12-16(14)18-17)11-6-9-13-7-2-1-3-8-13/h1-5,7-8,10,12,15H,6,9,11H2,(H,18,19). The molecule has 0 saturated heterocycles. The second-order valence-electron chi connectivity index (χ2n) is 5.01. The van der Waals surface area contributed by atoms with Gasteiger partial charge >= 0.3 is 0 Å². The smallest absolute Gasteiger partial charge is 0.232 e. The average molecular weight is 251 g/mol. The highest BCUT2D eigenvalue weighted by molar-refractivity contribution is 6.02. The highest BCUT2D eigenvalue weighted by Gasteiger charge is 2.29. The minimum atomic E-state index is 0.0277. The van der Waals surface area contributed by atoms with Crippen LogP contribution in [0.4, 0.5) is 5.69 Å². The molecule has 0 saturated carbocycles.